The smallest absolute Gasteiger partial charge is 0.123 e. The summed E-state index contributed by atoms with van der Waals surface area (Å²) in [4.78, 5) is 2.38. The Labute approximate surface area is 130 Å². The molecule has 3 heteroatoms. The van der Waals surface area contributed by atoms with Crippen molar-refractivity contribution in [1.29, 1.82) is 0 Å². The van der Waals surface area contributed by atoms with E-state index < -0.39 is 0 Å². The van der Waals surface area contributed by atoms with Crippen molar-refractivity contribution in [3.63, 3.8) is 0 Å². The molecule has 0 amide bonds. The van der Waals surface area contributed by atoms with Crippen molar-refractivity contribution in [1.82, 2.24) is 10.2 Å². The summed E-state index contributed by atoms with van der Waals surface area (Å²) in [6.07, 6.45) is 3.84. The highest BCUT2D eigenvalue weighted by molar-refractivity contribution is 5.38. The lowest BCUT2D eigenvalue weighted by molar-refractivity contribution is 0.309. The number of hydrogen-bond acceptors (Lipinski definition) is 3. The third-order valence-electron chi connectivity index (χ3n) is 3.90. The Morgan fingerprint density at radius 3 is 2.62 bits per heavy atom. The van der Waals surface area contributed by atoms with Crippen LogP contribution in [0.3, 0.4) is 0 Å². The molecule has 21 heavy (non-hydrogen) atoms. The standard InChI is InChI=1S/C18H32N2O/c1-6-8-9-12-20(4)14-17-13-16(15(3)19-7-2)10-11-18(17)21-5/h10-11,13,15,19H,6-9,12,14H2,1-5H3. The van der Waals surface area contributed by atoms with Gasteiger partial charge in [0, 0.05) is 18.2 Å². The predicted octanol–water partition coefficient (Wildman–Crippen LogP) is 3.99. The van der Waals surface area contributed by atoms with Gasteiger partial charge >= 0.3 is 0 Å². The highest BCUT2D eigenvalue weighted by atomic mass is 16.5. The van der Waals surface area contributed by atoms with Crippen LogP contribution in [0.5, 0.6) is 5.75 Å². The molecule has 1 aromatic rings. The number of unbranched alkanes of at least 4 members (excludes halogenated alkanes) is 2. The minimum atomic E-state index is 0.380. The van der Waals surface area contributed by atoms with Gasteiger partial charge in [-0.1, -0.05) is 32.8 Å². The van der Waals surface area contributed by atoms with Crippen LogP contribution in [0.25, 0.3) is 0 Å². The molecule has 1 rings (SSSR count). The van der Waals surface area contributed by atoms with Crippen molar-refractivity contribution in [2.45, 2.75) is 52.6 Å². The van der Waals surface area contributed by atoms with E-state index in [0.29, 0.717) is 6.04 Å². The Hall–Kier alpha value is -1.06. The molecule has 0 aromatic heterocycles. The lowest BCUT2D eigenvalue weighted by Gasteiger charge is -2.20. The van der Waals surface area contributed by atoms with Gasteiger partial charge in [-0.25, -0.2) is 0 Å². The van der Waals surface area contributed by atoms with Crippen LogP contribution in [0.2, 0.25) is 0 Å². The zero-order valence-electron chi connectivity index (χ0n) is 14.4. The van der Waals surface area contributed by atoms with Crippen LogP contribution in [-0.4, -0.2) is 32.1 Å². The molecule has 1 aromatic carbocycles. The number of nitrogens with zero attached hydrogens (tertiary/aromatic N) is 1. The second kappa shape index (κ2) is 9.80. The molecule has 0 heterocycles. The molecule has 0 saturated heterocycles. The van der Waals surface area contributed by atoms with E-state index in [1.807, 2.05) is 0 Å². The van der Waals surface area contributed by atoms with Crippen molar-refractivity contribution in [3.8, 4) is 5.75 Å². The van der Waals surface area contributed by atoms with Crippen molar-refractivity contribution in [2.24, 2.45) is 0 Å². The lowest BCUT2D eigenvalue weighted by atomic mass is 10.0. The normalized spacial score (nSPS) is 12.7. The molecule has 0 fully saturated rings. The van der Waals surface area contributed by atoms with E-state index in [2.05, 4.69) is 56.2 Å². The van der Waals surface area contributed by atoms with E-state index >= 15 is 0 Å². The second-order valence-electron chi connectivity index (χ2n) is 5.80. The summed E-state index contributed by atoms with van der Waals surface area (Å²) < 4.78 is 5.52. The van der Waals surface area contributed by atoms with Gasteiger partial charge in [0.25, 0.3) is 0 Å². The van der Waals surface area contributed by atoms with Crippen molar-refractivity contribution in [3.05, 3.63) is 29.3 Å². The largest absolute Gasteiger partial charge is 0.496 e. The molecule has 0 aliphatic heterocycles. The van der Waals surface area contributed by atoms with Crippen molar-refractivity contribution in [2.75, 3.05) is 27.2 Å². The molecule has 0 spiro atoms. The average Bonchev–Trinajstić information content (AvgIpc) is 2.47. The number of methoxy groups -OCH3 is 1. The van der Waals surface area contributed by atoms with E-state index in [4.69, 9.17) is 4.74 Å². The molecular formula is C18H32N2O. The fourth-order valence-corrected chi connectivity index (χ4v) is 2.62. The first kappa shape index (κ1) is 18.0. The zero-order valence-corrected chi connectivity index (χ0v) is 14.4. The first-order valence-corrected chi connectivity index (χ1v) is 8.21. The first-order valence-electron chi connectivity index (χ1n) is 8.21. The van der Waals surface area contributed by atoms with Crippen LogP contribution in [0, 0.1) is 0 Å². The number of ether oxygens (including phenoxy) is 1. The van der Waals surface area contributed by atoms with Crippen LogP contribution in [-0.2, 0) is 6.54 Å². The van der Waals surface area contributed by atoms with Gasteiger partial charge in [0.05, 0.1) is 7.11 Å². The summed E-state index contributed by atoms with van der Waals surface area (Å²) in [5, 5.41) is 3.47. The average molecular weight is 292 g/mol. The summed E-state index contributed by atoms with van der Waals surface area (Å²) in [6.45, 7) is 9.67. The monoisotopic (exact) mass is 292 g/mol. The Morgan fingerprint density at radius 1 is 1.24 bits per heavy atom. The van der Waals surface area contributed by atoms with Crippen LogP contribution in [0.15, 0.2) is 18.2 Å². The van der Waals surface area contributed by atoms with Crippen LogP contribution < -0.4 is 10.1 Å². The summed E-state index contributed by atoms with van der Waals surface area (Å²) in [5.74, 6) is 0.991. The molecule has 0 aliphatic carbocycles. The molecule has 3 nitrogen and oxygen atoms in total. The number of benzene rings is 1. The molecular weight excluding hydrogens is 260 g/mol. The maximum atomic E-state index is 5.52. The minimum absolute atomic E-state index is 0.380. The van der Waals surface area contributed by atoms with E-state index in [1.54, 1.807) is 7.11 Å². The fourth-order valence-electron chi connectivity index (χ4n) is 2.62. The summed E-state index contributed by atoms with van der Waals surface area (Å²) in [6, 6.07) is 6.92. The van der Waals surface area contributed by atoms with E-state index in [-0.39, 0.29) is 0 Å². The van der Waals surface area contributed by atoms with E-state index in [1.165, 1.54) is 30.4 Å². The summed E-state index contributed by atoms with van der Waals surface area (Å²) in [7, 11) is 3.94. The Morgan fingerprint density at radius 2 is 2.00 bits per heavy atom. The third kappa shape index (κ3) is 6.06. The van der Waals surface area contributed by atoms with Crippen LogP contribution >= 0.6 is 0 Å². The van der Waals surface area contributed by atoms with Gasteiger partial charge in [-0.3, -0.25) is 0 Å². The highest BCUT2D eigenvalue weighted by Crippen LogP contribution is 2.24. The number of nitrogens with one attached hydrogen (secondary N) is 1. The Kier molecular flexibility index (Phi) is 8.40. The SMILES string of the molecule is CCCCCN(C)Cc1cc(C(C)NCC)ccc1OC. The predicted molar refractivity (Wildman–Crippen MR) is 90.9 cm³/mol. The molecule has 1 atom stereocenters. The molecule has 0 bridgehead atoms. The van der Waals surface area contributed by atoms with Crippen LogP contribution in [0.4, 0.5) is 0 Å². The van der Waals surface area contributed by atoms with Gasteiger partial charge in [0.15, 0.2) is 0 Å². The molecule has 0 radical (unpaired) electrons. The molecule has 120 valence electrons. The maximum absolute atomic E-state index is 5.52. The van der Waals surface area contributed by atoms with E-state index in [0.717, 1.165) is 25.4 Å². The fraction of sp³-hybridized carbons (Fsp3) is 0.667. The summed E-state index contributed by atoms with van der Waals surface area (Å²) >= 11 is 0. The lowest BCUT2D eigenvalue weighted by Crippen LogP contribution is -2.21. The number of rotatable bonds is 10. The molecule has 1 unspecified atom stereocenters. The molecule has 1 N–H and O–H groups in total. The van der Waals surface area contributed by atoms with Crippen molar-refractivity contribution < 1.29 is 4.74 Å². The van der Waals surface area contributed by atoms with E-state index in [9.17, 15) is 0 Å². The quantitative estimate of drug-likeness (QED) is 0.660. The Bertz CT molecular complexity index is 406. The van der Waals surface area contributed by atoms with Gasteiger partial charge in [-0.15, -0.1) is 0 Å². The molecule has 0 aliphatic rings. The first-order chi connectivity index (χ1) is 10.1. The topological polar surface area (TPSA) is 24.5 Å². The highest BCUT2D eigenvalue weighted by Gasteiger charge is 2.10. The van der Waals surface area contributed by atoms with Gasteiger partial charge < -0.3 is 15.0 Å². The van der Waals surface area contributed by atoms with Gasteiger partial charge in [0.2, 0.25) is 0 Å². The van der Waals surface area contributed by atoms with Gasteiger partial charge in [0.1, 0.15) is 5.75 Å². The van der Waals surface area contributed by atoms with Crippen molar-refractivity contribution >= 4 is 0 Å². The number of hydrogen-bond donors (Lipinski definition) is 1. The molecule has 0 saturated carbocycles. The summed E-state index contributed by atoms with van der Waals surface area (Å²) in [5.41, 5.74) is 2.60. The van der Waals surface area contributed by atoms with Gasteiger partial charge in [-0.05, 0) is 51.2 Å². The zero-order chi connectivity index (χ0) is 15.7. The van der Waals surface area contributed by atoms with Gasteiger partial charge in [-0.2, -0.15) is 0 Å². The maximum Gasteiger partial charge on any atom is 0.123 e. The second-order valence-corrected chi connectivity index (χ2v) is 5.80. The minimum Gasteiger partial charge on any atom is -0.496 e. The van der Waals surface area contributed by atoms with Crippen LogP contribution in [0.1, 0.15) is 57.2 Å². The Balaban J connectivity index is 2.75. The third-order valence-corrected chi connectivity index (χ3v) is 3.90.